The minimum Gasteiger partial charge on any atom is -0.497 e. The van der Waals surface area contributed by atoms with Gasteiger partial charge in [-0.25, -0.2) is 9.97 Å². The first-order valence-corrected chi connectivity index (χ1v) is 4.84. The first kappa shape index (κ1) is 10.4. The predicted octanol–water partition coefficient (Wildman–Crippen LogP) is 2.16. The molecule has 1 heterocycles. The fraction of sp³-hybridized carbons (Fsp3) is 0.167. The Bertz CT molecular complexity index is 406. The lowest BCUT2D eigenvalue weighted by molar-refractivity contribution is 0.411. The summed E-state index contributed by atoms with van der Waals surface area (Å²) in [6.45, 7) is 0. The first-order valence-electron chi connectivity index (χ1n) is 4.84. The SMILES string of the molecule is COc1ccc(-c2ncc(OC)cn2)cc1. The van der Waals surface area contributed by atoms with E-state index in [1.165, 1.54) is 0 Å². The molecule has 2 rings (SSSR count). The van der Waals surface area contributed by atoms with Crippen LogP contribution in [0.4, 0.5) is 0 Å². The van der Waals surface area contributed by atoms with E-state index in [1.807, 2.05) is 24.3 Å². The zero-order valence-corrected chi connectivity index (χ0v) is 9.18. The van der Waals surface area contributed by atoms with Gasteiger partial charge in [0.1, 0.15) is 5.75 Å². The average molecular weight is 216 g/mol. The lowest BCUT2D eigenvalue weighted by atomic mass is 10.2. The fourth-order valence-electron chi connectivity index (χ4n) is 1.31. The van der Waals surface area contributed by atoms with Crippen LogP contribution in [0.15, 0.2) is 36.7 Å². The highest BCUT2D eigenvalue weighted by molar-refractivity contribution is 5.56. The fourth-order valence-corrected chi connectivity index (χ4v) is 1.31. The maximum atomic E-state index is 5.08. The highest BCUT2D eigenvalue weighted by Crippen LogP contribution is 2.19. The molecule has 4 nitrogen and oxygen atoms in total. The number of hydrogen-bond donors (Lipinski definition) is 0. The zero-order valence-electron chi connectivity index (χ0n) is 9.18. The molecule has 0 atom stereocenters. The summed E-state index contributed by atoms with van der Waals surface area (Å²) < 4.78 is 10.1. The lowest BCUT2D eigenvalue weighted by Crippen LogP contribution is -1.91. The second-order valence-corrected chi connectivity index (χ2v) is 3.17. The predicted molar refractivity (Wildman–Crippen MR) is 60.6 cm³/mol. The molecule has 0 saturated carbocycles. The summed E-state index contributed by atoms with van der Waals surface area (Å²) >= 11 is 0. The van der Waals surface area contributed by atoms with Crippen molar-refractivity contribution in [2.45, 2.75) is 0 Å². The number of nitrogens with zero attached hydrogens (tertiary/aromatic N) is 2. The highest BCUT2D eigenvalue weighted by Gasteiger charge is 2.01. The Morgan fingerprint density at radius 2 is 1.38 bits per heavy atom. The third-order valence-electron chi connectivity index (χ3n) is 2.21. The number of methoxy groups -OCH3 is 2. The van der Waals surface area contributed by atoms with Gasteiger partial charge in [-0.3, -0.25) is 0 Å². The largest absolute Gasteiger partial charge is 0.497 e. The molecule has 0 spiro atoms. The van der Waals surface area contributed by atoms with Crippen molar-refractivity contribution in [2.75, 3.05) is 14.2 Å². The molecule has 0 bridgehead atoms. The Labute approximate surface area is 93.9 Å². The molecule has 1 aromatic carbocycles. The average Bonchev–Trinajstić information content (AvgIpc) is 2.39. The molecule has 0 amide bonds. The second kappa shape index (κ2) is 4.61. The van der Waals surface area contributed by atoms with E-state index in [9.17, 15) is 0 Å². The van der Waals surface area contributed by atoms with Gasteiger partial charge < -0.3 is 9.47 Å². The summed E-state index contributed by atoms with van der Waals surface area (Å²) in [7, 11) is 3.23. The third-order valence-corrected chi connectivity index (χ3v) is 2.21. The van der Waals surface area contributed by atoms with Gasteiger partial charge in [-0.2, -0.15) is 0 Å². The van der Waals surface area contributed by atoms with Crippen LogP contribution in [0.3, 0.4) is 0 Å². The van der Waals surface area contributed by atoms with Crippen molar-refractivity contribution in [3.05, 3.63) is 36.7 Å². The molecule has 0 fully saturated rings. The first-order chi connectivity index (χ1) is 7.83. The van der Waals surface area contributed by atoms with Crippen LogP contribution >= 0.6 is 0 Å². The summed E-state index contributed by atoms with van der Waals surface area (Å²) in [6.07, 6.45) is 3.29. The summed E-state index contributed by atoms with van der Waals surface area (Å²) in [5, 5.41) is 0. The van der Waals surface area contributed by atoms with Crippen LogP contribution in [-0.2, 0) is 0 Å². The van der Waals surface area contributed by atoms with Gasteiger partial charge >= 0.3 is 0 Å². The molecule has 0 aliphatic heterocycles. The molecule has 0 unspecified atom stereocenters. The van der Waals surface area contributed by atoms with Gasteiger partial charge in [0.2, 0.25) is 0 Å². The maximum Gasteiger partial charge on any atom is 0.159 e. The maximum absolute atomic E-state index is 5.08. The van der Waals surface area contributed by atoms with Gasteiger partial charge in [0.25, 0.3) is 0 Å². The van der Waals surface area contributed by atoms with Crippen LogP contribution in [-0.4, -0.2) is 24.2 Å². The zero-order chi connectivity index (χ0) is 11.4. The Morgan fingerprint density at radius 1 is 0.812 bits per heavy atom. The van der Waals surface area contributed by atoms with Crippen LogP contribution in [0.25, 0.3) is 11.4 Å². The number of rotatable bonds is 3. The molecule has 1 aromatic heterocycles. The molecular formula is C12H12N2O2. The van der Waals surface area contributed by atoms with Crippen molar-refractivity contribution >= 4 is 0 Å². The van der Waals surface area contributed by atoms with Crippen LogP contribution < -0.4 is 9.47 Å². The van der Waals surface area contributed by atoms with Gasteiger partial charge in [-0.15, -0.1) is 0 Å². The molecule has 0 N–H and O–H groups in total. The van der Waals surface area contributed by atoms with E-state index < -0.39 is 0 Å². The second-order valence-electron chi connectivity index (χ2n) is 3.17. The quantitative estimate of drug-likeness (QED) is 0.788. The number of hydrogen-bond acceptors (Lipinski definition) is 4. The highest BCUT2D eigenvalue weighted by atomic mass is 16.5. The van der Waals surface area contributed by atoms with E-state index in [0.29, 0.717) is 11.6 Å². The molecule has 82 valence electrons. The lowest BCUT2D eigenvalue weighted by Gasteiger charge is -2.03. The summed E-state index contributed by atoms with van der Waals surface area (Å²) in [6, 6.07) is 7.59. The van der Waals surface area contributed by atoms with Gasteiger partial charge in [0.15, 0.2) is 11.6 Å². The molecule has 4 heteroatoms. The van der Waals surface area contributed by atoms with Crippen LogP contribution in [0.5, 0.6) is 11.5 Å². The minimum atomic E-state index is 0.650. The van der Waals surface area contributed by atoms with Crippen LogP contribution in [0, 0.1) is 0 Å². The van der Waals surface area contributed by atoms with Crippen molar-refractivity contribution in [3.8, 4) is 22.9 Å². The Balaban J connectivity index is 2.28. The Morgan fingerprint density at radius 3 is 1.88 bits per heavy atom. The van der Waals surface area contributed by atoms with E-state index in [1.54, 1.807) is 26.6 Å². The van der Waals surface area contributed by atoms with Crippen molar-refractivity contribution in [1.82, 2.24) is 9.97 Å². The number of ether oxygens (including phenoxy) is 2. The van der Waals surface area contributed by atoms with Crippen molar-refractivity contribution in [3.63, 3.8) is 0 Å². The number of aromatic nitrogens is 2. The molecule has 16 heavy (non-hydrogen) atoms. The molecule has 0 aliphatic carbocycles. The molecule has 0 saturated heterocycles. The smallest absolute Gasteiger partial charge is 0.159 e. The molecule has 0 aliphatic rings. The van der Waals surface area contributed by atoms with Crippen molar-refractivity contribution in [2.24, 2.45) is 0 Å². The monoisotopic (exact) mass is 216 g/mol. The van der Waals surface area contributed by atoms with E-state index >= 15 is 0 Å². The summed E-state index contributed by atoms with van der Waals surface area (Å²) in [5.41, 5.74) is 0.948. The van der Waals surface area contributed by atoms with Crippen molar-refractivity contribution < 1.29 is 9.47 Å². The van der Waals surface area contributed by atoms with Crippen LogP contribution in [0.2, 0.25) is 0 Å². The van der Waals surface area contributed by atoms with Gasteiger partial charge in [0.05, 0.1) is 26.6 Å². The van der Waals surface area contributed by atoms with Gasteiger partial charge in [-0.05, 0) is 24.3 Å². The van der Waals surface area contributed by atoms with E-state index in [2.05, 4.69) is 9.97 Å². The van der Waals surface area contributed by atoms with Crippen molar-refractivity contribution in [1.29, 1.82) is 0 Å². The van der Waals surface area contributed by atoms with E-state index in [4.69, 9.17) is 9.47 Å². The number of benzene rings is 1. The van der Waals surface area contributed by atoms with Crippen LogP contribution in [0.1, 0.15) is 0 Å². The Hall–Kier alpha value is -2.10. The third kappa shape index (κ3) is 2.11. The summed E-state index contributed by atoms with van der Waals surface area (Å²) in [4.78, 5) is 8.40. The topological polar surface area (TPSA) is 44.2 Å². The molecular weight excluding hydrogens is 204 g/mol. The molecule has 0 radical (unpaired) electrons. The van der Waals surface area contributed by atoms with Gasteiger partial charge in [-0.1, -0.05) is 0 Å². The van der Waals surface area contributed by atoms with E-state index in [-0.39, 0.29) is 0 Å². The molecule has 2 aromatic rings. The minimum absolute atomic E-state index is 0.650. The normalized spacial score (nSPS) is 9.88. The Kier molecular flexibility index (Phi) is 3.00. The van der Waals surface area contributed by atoms with E-state index in [0.717, 1.165) is 11.3 Å². The summed E-state index contributed by atoms with van der Waals surface area (Å²) in [5.74, 6) is 2.14. The van der Waals surface area contributed by atoms with Gasteiger partial charge in [0, 0.05) is 5.56 Å². The standard InChI is InChI=1S/C12H12N2O2/c1-15-10-5-3-9(4-6-10)12-13-7-11(16-2)8-14-12/h3-8H,1-2H3.